The van der Waals surface area contributed by atoms with Crippen LogP contribution in [0.1, 0.15) is 232 Å². The molecule has 2 heterocycles. The fraction of sp³-hybridized carbons (Fsp3) is 0.927. The van der Waals surface area contributed by atoms with Gasteiger partial charge in [-0.15, -0.1) is 0 Å². The van der Waals surface area contributed by atoms with Crippen molar-refractivity contribution in [1.82, 2.24) is 0 Å². The van der Waals surface area contributed by atoms with E-state index in [1.165, 1.54) is 135 Å². The Bertz CT molecular complexity index is 1270. The van der Waals surface area contributed by atoms with E-state index in [1.807, 2.05) is 0 Å². The third kappa shape index (κ3) is 29.8. The van der Waals surface area contributed by atoms with E-state index in [1.54, 1.807) is 0 Å². The Hall–Kier alpha value is -1.76. The molecule has 0 aromatic carbocycles. The lowest BCUT2D eigenvalue weighted by atomic mass is 9.98. The highest BCUT2D eigenvalue weighted by molar-refractivity contribution is 5.70. The molecule has 0 spiro atoms. The van der Waals surface area contributed by atoms with E-state index < -0.39 is 92.7 Å². The number of esters is 2. The maximum Gasteiger partial charge on any atom is 0.306 e. The standard InChI is InChI=1S/C55H102O15/c1-3-5-7-9-11-13-15-17-18-19-20-21-22-23-24-25-26-28-29-31-33-35-37-46(57)65-40-43(68-47(58)38-36-34-32-30-27-16-14-12-10-8-6-4-2)41-66-54-53(64)51(62)49(60)45(70-54)42-67-55-52(63)50(61)48(59)44(39-56)69-55/h12,14,43-45,48-56,59-64H,3-11,13,15-42H2,1-2H3/b14-12-. The highest BCUT2D eigenvalue weighted by Crippen LogP contribution is 2.27. The van der Waals surface area contributed by atoms with Gasteiger partial charge in [-0.05, 0) is 38.5 Å². The normalized spacial score (nSPS) is 25.4. The molecule has 70 heavy (non-hydrogen) atoms. The highest BCUT2D eigenvalue weighted by atomic mass is 16.7. The highest BCUT2D eigenvalue weighted by Gasteiger charge is 2.47. The monoisotopic (exact) mass is 1000 g/mol. The number of allylic oxidation sites excluding steroid dienone is 2. The fourth-order valence-corrected chi connectivity index (χ4v) is 9.10. The van der Waals surface area contributed by atoms with Crippen LogP contribution in [0.5, 0.6) is 0 Å². The van der Waals surface area contributed by atoms with Crippen LogP contribution in [0.4, 0.5) is 0 Å². The number of rotatable bonds is 45. The number of ether oxygens (including phenoxy) is 6. The summed E-state index contributed by atoms with van der Waals surface area (Å²) < 4.78 is 33.6. The Morgan fingerprint density at radius 2 is 0.814 bits per heavy atom. The smallest absolute Gasteiger partial charge is 0.306 e. The minimum atomic E-state index is -1.76. The predicted octanol–water partition coefficient (Wildman–Crippen LogP) is 8.94. The molecule has 2 rings (SSSR count). The van der Waals surface area contributed by atoms with Gasteiger partial charge in [0, 0.05) is 12.8 Å². The van der Waals surface area contributed by atoms with E-state index in [9.17, 15) is 45.3 Å². The Morgan fingerprint density at radius 3 is 1.29 bits per heavy atom. The topological polar surface area (TPSA) is 231 Å². The van der Waals surface area contributed by atoms with E-state index in [-0.39, 0.29) is 26.1 Å². The molecule has 2 aliphatic rings. The number of aliphatic hydroxyl groups excluding tert-OH is 7. The van der Waals surface area contributed by atoms with Gasteiger partial charge in [0.2, 0.25) is 0 Å². The molecule has 0 amide bonds. The van der Waals surface area contributed by atoms with Gasteiger partial charge in [0.1, 0.15) is 55.4 Å². The second-order valence-electron chi connectivity index (χ2n) is 20.1. The maximum absolute atomic E-state index is 13.0. The number of unbranched alkanes of at least 4 members (excludes halogenated alkanes) is 29. The number of carbonyl (C=O) groups is 2. The molecule has 0 aliphatic carbocycles. The zero-order valence-electron chi connectivity index (χ0n) is 43.8. The van der Waals surface area contributed by atoms with Crippen molar-refractivity contribution < 1.29 is 73.8 Å². The van der Waals surface area contributed by atoms with E-state index in [0.717, 1.165) is 57.8 Å². The van der Waals surface area contributed by atoms with Gasteiger partial charge in [0.05, 0.1) is 19.8 Å². The third-order valence-corrected chi connectivity index (χ3v) is 13.7. The minimum absolute atomic E-state index is 0.159. The molecule has 0 bridgehead atoms. The van der Waals surface area contributed by atoms with Crippen molar-refractivity contribution in [3.63, 3.8) is 0 Å². The molecule has 2 fully saturated rings. The number of hydrogen-bond acceptors (Lipinski definition) is 15. The second-order valence-corrected chi connectivity index (χ2v) is 20.1. The molecule has 412 valence electrons. The maximum atomic E-state index is 13.0. The van der Waals surface area contributed by atoms with E-state index in [2.05, 4.69) is 26.0 Å². The van der Waals surface area contributed by atoms with Gasteiger partial charge in [0.25, 0.3) is 0 Å². The van der Waals surface area contributed by atoms with Crippen LogP contribution in [0.15, 0.2) is 12.2 Å². The Kier molecular flexibility index (Phi) is 39.1. The molecule has 0 aromatic heterocycles. The van der Waals surface area contributed by atoms with Crippen molar-refractivity contribution >= 4 is 11.9 Å². The van der Waals surface area contributed by atoms with E-state index >= 15 is 0 Å². The van der Waals surface area contributed by atoms with Gasteiger partial charge in [0.15, 0.2) is 18.7 Å². The van der Waals surface area contributed by atoms with Crippen LogP contribution in [0.3, 0.4) is 0 Å². The van der Waals surface area contributed by atoms with Crippen LogP contribution in [0, 0.1) is 0 Å². The summed E-state index contributed by atoms with van der Waals surface area (Å²) in [5.74, 6) is -0.923. The first kappa shape index (κ1) is 64.4. The molecule has 0 radical (unpaired) electrons. The Balaban J connectivity index is 1.72. The van der Waals surface area contributed by atoms with Crippen molar-refractivity contribution in [3.8, 4) is 0 Å². The molecule has 11 unspecified atom stereocenters. The lowest BCUT2D eigenvalue weighted by Crippen LogP contribution is -2.61. The SMILES string of the molecule is CCCCC/C=C\CCCCCCCC(=O)OC(COC(=O)CCCCCCCCCCCCCCCCCCCCCCCC)COC1OC(COC2OC(CO)C(O)C(O)C2O)C(O)C(O)C1O. The van der Waals surface area contributed by atoms with Crippen molar-refractivity contribution in [2.45, 2.75) is 300 Å². The first-order chi connectivity index (χ1) is 34.0. The lowest BCUT2D eigenvalue weighted by Gasteiger charge is -2.42. The van der Waals surface area contributed by atoms with Gasteiger partial charge >= 0.3 is 11.9 Å². The van der Waals surface area contributed by atoms with Crippen molar-refractivity contribution in [3.05, 3.63) is 12.2 Å². The van der Waals surface area contributed by atoms with E-state index in [4.69, 9.17) is 28.4 Å². The Labute approximate surface area is 422 Å². The zero-order valence-corrected chi connectivity index (χ0v) is 43.8. The summed E-state index contributed by atoms with van der Waals surface area (Å²) in [7, 11) is 0. The molecule has 2 aliphatic heterocycles. The number of hydrogen-bond donors (Lipinski definition) is 7. The van der Waals surface area contributed by atoms with Crippen LogP contribution in [-0.2, 0) is 38.0 Å². The third-order valence-electron chi connectivity index (χ3n) is 13.7. The molecule has 0 saturated carbocycles. The molecular weight excluding hydrogens is 901 g/mol. The molecule has 15 heteroatoms. The fourth-order valence-electron chi connectivity index (χ4n) is 9.10. The molecule has 0 aromatic rings. The van der Waals surface area contributed by atoms with Gasteiger partial charge in [-0.1, -0.05) is 193 Å². The number of aliphatic hydroxyl groups is 7. The minimum Gasteiger partial charge on any atom is -0.462 e. The molecule has 15 nitrogen and oxygen atoms in total. The predicted molar refractivity (Wildman–Crippen MR) is 271 cm³/mol. The van der Waals surface area contributed by atoms with Crippen LogP contribution in [0.2, 0.25) is 0 Å². The van der Waals surface area contributed by atoms with Gasteiger partial charge in [-0.3, -0.25) is 9.59 Å². The van der Waals surface area contributed by atoms with Crippen molar-refractivity contribution in [1.29, 1.82) is 0 Å². The largest absolute Gasteiger partial charge is 0.462 e. The molecular formula is C55H102O15. The quantitative estimate of drug-likeness (QED) is 0.0172. The molecule has 7 N–H and O–H groups in total. The lowest BCUT2D eigenvalue weighted by molar-refractivity contribution is -0.332. The van der Waals surface area contributed by atoms with Crippen LogP contribution < -0.4 is 0 Å². The van der Waals surface area contributed by atoms with E-state index in [0.29, 0.717) is 12.8 Å². The summed E-state index contributed by atoms with van der Waals surface area (Å²) in [6, 6.07) is 0. The molecule has 11 atom stereocenters. The second kappa shape index (κ2) is 42.6. The Morgan fingerprint density at radius 1 is 0.443 bits per heavy atom. The van der Waals surface area contributed by atoms with Crippen LogP contribution in [0.25, 0.3) is 0 Å². The summed E-state index contributed by atoms with van der Waals surface area (Å²) in [6.07, 6.45) is 26.8. The molecule has 2 saturated heterocycles. The summed E-state index contributed by atoms with van der Waals surface area (Å²) in [6.45, 7) is 2.59. The van der Waals surface area contributed by atoms with Crippen LogP contribution in [-0.4, -0.2) is 142 Å². The first-order valence-corrected chi connectivity index (χ1v) is 28.3. The van der Waals surface area contributed by atoms with Crippen LogP contribution >= 0.6 is 0 Å². The first-order valence-electron chi connectivity index (χ1n) is 28.3. The summed E-state index contributed by atoms with van der Waals surface area (Å²) in [4.78, 5) is 25.8. The van der Waals surface area contributed by atoms with Crippen molar-refractivity contribution in [2.24, 2.45) is 0 Å². The van der Waals surface area contributed by atoms with Gasteiger partial charge in [-0.25, -0.2) is 0 Å². The van der Waals surface area contributed by atoms with Gasteiger partial charge < -0.3 is 64.2 Å². The zero-order chi connectivity index (χ0) is 51.0. The average Bonchev–Trinajstić information content (AvgIpc) is 3.35. The summed E-state index contributed by atoms with van der Waals surface area (Å²) in [5.41, 5.74) is 0. The van der Waals surface area contributed by atoms with Crippen molar-refractivity contribution in [2.75, 3.05) is 26.4 Å². The number of carbonyl (C=O) groups excluding carboxylic acids is 2. The summed E-state index contributed by atoms with van der Waals surface area (Å²) in [5, 5.41) is 72.1. The average molecular weight is 1000 g/mol. The summed E-state index contributed by atoms with van der Waals surface area (Å²) >= 11 is 0. The van der Waals surface area contributed by atoms with Gasteiger partial charge in [-0.2, -0.15) is 0 Å².